The Labute approximate surface area is 212 Å². The summed E-state index contributed by atoms with van der Waals surface area (Å²) in [5.74, 6) is -0.344. The Morgan fingerprint density at radius 1 is 1.00 bits per heavy atom. The molecule has 4 rings (SSSR count). The van der Waals surface area contributed by atoms with Crippen LogP contribution in [0.3, 0.4) is 0 Å². The van der Waals surface area contributed by atoms with Crippen LogP contribution in [0.1, 0.15) is 27.0 Å². The van der Waals surface area contributed by atoms with Crippen LogP contribution in [0.25, 0.3) is 0 Å². The van der Waals surface area contributed by atoms with E-state index in [1.165, 1.54) is 11.4 Å². The first kappa shape index (κ1) is 25.6. The van der Waals surface area contributed by atoms with Crippen LogP contribution in [0, 0.1) is 6.92 Å². The third kappa shape index (κ3) is 6.37. The summed E-state index contributed by atoms with van der Waals surface area (Å²) in [7, 11) is -2.06. The lowest BCUT2D eigenvalue weighted by molar-refractivity contribution is 0.0955. The molecule has 188 valence electrons. The molecule has 3 aromatic carbocycles. The first-order valence-corrected chi connectivity index (χ1v) is 13.1. The maximum atomic E-state index is 12.8. The number of amides is 1. The van der Waals surface area contributed by atoms with Crippen LogP contribution in [0.4, 0.5) is 5.69 Å². The summed E-state index contributed by atoms with van der Waals surface area (Å²) in [4.78, 5) is 15.0. The van der Waals surface area contributed by atoms with Gasteiger partial charge < -0.3 is 9.64 Å². The zero-order valence-corrected chi connectivity index (χ0v) is 21.2. The topological polar surface area (TPSA) is 91.3 Å². The minimum atomic E-state index is -3.60. The monoisotopic (exact) mass is 506 g/mol. The van der Waals surface area contributed by atoms with Gasteiger partial charge in [0, 0.05) is 37.9 Å². The first-order valence-electron chi connectivity index (χ1n) is 11.7. The van der Waals surface area contributed by atoms with Crippen molar-refractivity contribution in [2.24, 2.45) is 5.10 Å². The molecule has 36 heavy (non-hydrogen) atoms. The van der Waals surface area contributed by atoms with Crippen molar-refractivity contribution in [2.75, 3.05) is 38.3 Å². The van der Waals surface area contributed by atoms with Gasteiger partial charge in [-0.2, -0.15) is 9.41 Å². The minimum Gasteiger partial charge on any atom is -0.378 e. The highest BCUT2D eigenvalue weighted by Crippen LogP contribution is 2.18. The third-order valence-electron chi connectivity index (χ3n) is 6.00. The number of anilines is 1. The van der Waals surface area contributed by atoms with Crippen LogP contribution >= 0.6 is 0 Å². The summed E-state index contributed by atoms with van der Waals surface area (Å²) in [5, 5.41) is 4.06. The van der Waals surface area contributed by atoms with Crippen LogP contribution in [-0.2, 0) is 21.3 Å². The summed E-state index contributed by atoms with van der Waals surface area (Å²) in [5.41, 5.74) is 6.75. The van der Waals surface area contributed by atoms with Gasteiger partial charge in [-0.05, 0) is 54.4 Å². The van der Waals surface area contributed by atoms with Crippen LogP contribution in [0.15, 0.2) is 82.8 Å². The Morgan fingerprint density at radius 3 is 2.28 bits per heavy atom. The Bertz CT molecular complexity index is 1300. The fourth-order valence-electron chi connectivity index (χ4n) is 3.82. The number of hydrogen-bond acceptors (Lipinski definition) is 6. The van der Waals surface area contributed by atoms with Crippen LogP contribution in [0.5, 0.6) is 0 Å². The molecule has 0 aromatic heterocycles. The molecule has 1 aliphatic heterocycles. The quantitative estimate of drug-likeness (QED) is 0.374. The van der Waals surface area contributed by atoms with E-state index in [9.17, 15) is 13.2 Å². The van der Waals surface area contributed by atoms with Gasteiger partial charge >= 0.3 is 0 Å². The number of aryl methyl sites for hydroxylation is 1. The van der Waals surface area contributed by atoms with Crippen molar-refractivity contribution in [1.82, 2.24) is 9.73 Å². The van der Waals surface area contributed by atoms with Gasteiger partial charge in [-0.25, -0.2) is 13.8 Å². The fourth-order valence-corrected chi connectivity index (χ4v) is 4.98. The van der Waals surface area contributed by atoms with E-state index in [1.807, 2.05) is 31.2 Å². The Hall–Kier alpha value is -3.53. The van der Waals surface area contributed by atoms with E-state index in [4.69, 9.17) is 4.74 Å². The van der Waals surface area contributed by atoms with Gasteiger partial charge in [0.1, 0.15) is 0 Å². The molecule has 0 unspecified atom stereocenters. The molecule has 1 heterocycles. The van der Waals surface area contributed by atoms with Crippen molar-refractivity contribution in [1.29, 1.82) is 0 Å². The molecule has 9 heteroatoms. The lowest BCUT2D eigenvalue weighted by atomic mass is 10.1. The standard InChI is InChI=1S/C27H30N4O4S/c1-21-3-13-26(14-4-21)36(33,34)30(2)20-23-5-9-24(10-6-23)27(32)29-28-19-22-7-11-25(12-8-22)31-15-17-35-18-16-31/h3-14,19H,15-18,20H2,1-2H3,(H,29,32)/b28-19-. The zero-order chi connectivity index (χ0) is 25.5. The van der Waals surface area contributed by atoms with Crippen molar-refractivity contribution in [3.63, 3.8) is 0 Å². The van der Waals surface area contributed by atoms with Crippen molar-refractivity contribution in [3.05, 3.63) is 95.1 Å². The van der Waals surface area contributed by atoms with E-state index in [2.05, 4.69) is 15.4 Å². The van der Waals surface area contributed by atoms with Gasteiger partial charge in [0.2, 0.25) is 10.0 Å². The molecule has 0 bridgehead atoms. The molecule has 0 spiro atoms. The number of nitrogens with one attached hydrogen (secondary N) is 1. The summed E-state index contributed by atoms with van der Waals surface area (Å²) < 4.78 is 32.3. The molecule has 8 nitrogen and oxygen atoms in total. The van der Waals surface area contributed by atoms with E-state index in [0.29, 0.717) is 5.56 Å². The second-order valence-electron chi connectivity index (χ2n) is 8.66. The third-order valence-corrected chi connectivity index (χ3v) is 7.82. The number of morpholine rings is 1. The lowest BCUT2D eigenvalue weighted by Crippen LogP contribution is -2.36. The molecule has 1 N–H and O–H groups in total. The predicted molar refractivity (Wildman–Crippen MR) is 141 cm³/mol. The Kier molecular flexibility index (Phi) is 8.14. The summed E-state index contributed by atoms with van der Waals surface area (Å²) in [6.45, 7) is 5.32. The van der Waals surface area contributed by atoms with Crippen LogP contribution < -0.4 is 10.3 Å². The Morgan fingerprint density at radius 2 is 1.64 bits per heavy atom. The highest BCUT2D eigenvalue weighted by atomic mass is 32.2. The second-order valence-corrected chi connectivity index (χ2v) is 10.7. The summed E-state index contributed by atoms with van der Waals surface area (Å²) in [6.07, 6.45) is 1.60. The van der Waals surface area contributed by atoms with Gasteiger partial charge in [-0.15, -0.1) is 0 Å². The van der Waals surface area contributed by atoms with Gasteiger partial charge in [-0.1, -0.05) is 42.0 Å². The number of carbonyl (C=O) groups excluding carboxylic acids is 1. The number of sulfonamides is 1. The largest absolute Gasteiger partial charge is 0.378 e. The van der Waals surface area contributed by atoms with Crippen molar-refractivity contribution in [3.8, 4) is 0 Å². The molecule has 3 aromatic rings. The smallest absolute Gasteiger partial charge is 0.271 e. The number of nitrogens with zero attached hydrogens (tertiary/aromatic N) is 3. The zero-order valence-electron chi connectivity index (χ0n) is 20.4. The van der Waals surface area contributed by atoms with E-state index in [-0.39, 0.29) is 17.3 Å². The fraction of sp³-hybridized carbons (Fsp3) is 0.259. The SMILES string of the molecule is Cc1ccc(S(=O)(=O)N(C)Cc2ccc(C(=O)N/N=C\c3ccc(N4CCOCC4)cc3)cc2)cc1. The molecule has 0 saturated carbocycles. The van der Waals surface area contributed by atoms with Crippen LogP contribution in [0.2, 0.25) is 0 Å². The minimum absolute atomic E-state index is 0.191. The number of carbonyl (C=O) groups is 1. The molecule has 1 fully saturated rings. The van der Waals surface area contributed by atoms with E-state index in [1.54, 1.807) is 54.7 Å². The van der Waals surface area contributed by atoms with Crippen LogP contribution in [-0.4, -0.2) is 58.2 Å². The molecule has 1 amide bonds. The molecule has 0 radical (unpaired) electrons. The first-order chi connectivity index (χ1) is 17.3. The molecule has 0 aliphatic carbocycles. The maximum absolute atomic E-state index is 12.8. The number of hydrogen-bond donors (Lipinski definition) is 1. The Balaban J connectivity index is 1.30. The molecule has 1 saturated heterocycles. The average Bonchev–Trinajstić information content (AvgIpc) is 2.90. The number of rotatable bonds is 8. The van der Waals surface area contributed by atoms with Crippen molar-refractivity contribution < 1.29 is 17.9 Å². The average molecular weight is 507 g/mol. The lowest BCUT2D eigenvalue weighted by Gasteiger charge is -2.28. The van der Waals surface area contributed by atoms with Crippen molar-refractivity contribution in [2.45, 2.75) is 18.4 Å². The molecule has 1 aliphatic rings. The number of benzene rings is 3. The van der Waals surface area contributed by atoms with E-state index in [0.717, 1.165) is 48.7 Å². The highest BCUT2D eigenvalue weighted by molar-refractivity contribution is 7.89. The van der Waals surface area contributed by atoms with Gasteiger partial charge in [0.05, 0.1) is 24.3 Å². The summed E-state index contributed by atoms with van der Waals surface area (Å²) in [6, 6.07) is 21.5. The maximum Gasteiger partial charge on any atom is 0.271 e. The predicted octanol–water partition coefficient (Wildman–Crippen LogP) is 3.42. The summed E-state index contributed by atoms with van der Waals surface area (Å²) >= 11 is 0. The number of ether oxygens (including phenoxy) is 1. The molecular formula is C27H30N4O4S. The van der Waals surface area contributed by atoms with Crippen molar-refractivity contribution >= 4 is 27.8 Å². The van der Waals surface area contributed by atoms with E-state index < -0.39 is 10.0 Å². The second kappa shape index (κ2) is 11.5. The van der Waals surface area contributed by atoms with Gasteiger partial charge in [0.25, 0.3) is 5.91 Å². The molecular weight excluding hydrogens is 476 g/mol. The normalized spacial score (nSPS) is 14.4. The van der Waals surface area contributed by atoms with Gasteiger partial charge in [-0.3, -0.25) is 4.79 Å². The van der Waals surface area contributed by atoms with Gasteiger partial charge in [0.15, 0.2) is 0 Å². The number of hydrazone groups is 1. The highest BCUT2D eigenvalue weighted by Gasteiger charge is 2.20. The molecule has 0 atom stereocenters. The van der Waals surface area contributed by atoms with E-state index >= 15 is 0 Å².